The number of nitrogens with one attached hydrogen (secondary N) is 2. The van der Waals surface area contributed by atoms with Crippen molar-refractivity contribution in [3.05, 3.63) is 29.8 Å². The van der Waals surface area contributed by atoms with E-state index in [9.17, 15) is 4.79 Å². The number of carbonyl (C=O) groups is 1. The first-order valence-corrected chi connectivity index (χ1v) is 7.01. The first-order chi connectivity index (χ1) is 9.90. The molecule has 0 heterocycles. The van der Waals surface area contributed by atoms with Gasteiger partial charge in [0.25, 0.3) is 0 Å². The van der Waals surface area contributed by atoms with Crippen molar-refractivity contribution in [2.24, 2.45) is 0 Å². The number of benzene rings is 1. The molecule has 1 aromatic carbocycles. The van der Waals surface area contributed by atoms with Crippen LogP contribution >= 0.6 is 0 Å². The minimum Gasteiger partial charge on any atom is -0.479 e. The van der Waals surface area contributed by atoms with Crippen molar-refractivity contribution in [3.8, 4) is 11.8 Å². The Bertz CT molecular complexity index is 501. The van der Waals surface area contributed by atoms with Gasteiger partial charge in [-0.05, 0) is 38.5 Å². The second-order valence-corrected chi connectivity index (χ2v) is 5.82. The summed E-state index contributed by atoms with van der Waals surface area (Å²) in [5, 5.41) is 14.6. The third-order valence-electron chi connectivity index (χ3n) is 2.57. The molecule has 114 valence electrons. The minimum absolute atomic E-state index is 0.0427. The van der Waals surface area contributed by atoms with E-state index in [2.05, 4.69) is 10.6 Å². The van der Waals surface area contributed by atoms with Gasteiger partial charge in [0.1, 0.15) is 11.8 Å². The van der Waals surface area contributed by atoms with Crippen LogP contribution in [0.25, 0.3) is 0 Å². The lowest BCUT2D eigenvalue weighted by Crippen LogP contribution is -2.41. The zero-order valence-electron chi connectivity index (χ0n) is 12.9. The van der Waals surface area contributed by atoms with Crippen molar-refractivity contribution < 1.29 is 9.53 Å². The SMILES string of the molecule is CC(C)(C)NC(=O)CCNCc1cccc(OCC#N)c1. The Morgan fingerprint density at radius 1 is 1.38 bits per heavy atom. The van der Waals surface area contributed by atoms with Gasteiger partial charge in [-0.2, -0.15) is 5.26 Å². The van der Waals surface area contributed by atoms with Gasteiger partial charge in [-0.15, -0.1) is 0 Å². The minimum atomic E-state index is -0.191. The number of amides is 1. The molecule has 0 aliphatic heterocycles. The third kappa shape index (κ3) is 7.95. The van der Waals surface area contributed by atoms with Crippen molar-refractivity contribution in [1.82, 2.24) is 10.6 Å². The van der Waals surface area contributed by atoms with E-state index in [1.165, 1.54) is 0 Å². The lowest BCUT2D eigenvalue weighted by atomic mass is 10.1. The molecule has 0 unspecified atom stereocenters. The van der Waals surface area contributed by atoms with Crippen LogP contribution in [0, 0.1) is 11.3 Å². The van der Waals surface area contributed by atoms with Crippen LogP contribution in [0.4, 0.5) is 0 Å². The van der Waals surface area contributed by atoms with Crippen LogP contribution < -0.4 is 15.4 Å². The molecule has 2 N–H and O–H groups in total. The summed E-state index contributed by atoms with van der Waals surface area (Å²) in [6, 6.07) is 9.50. The molecule has 0 aromatic heterocycles. The number of nitrogens with zero attached hydrogens (tertiary/aromatic N) is 1. The number of carbonyl (C=O) groups excluding carboxylic acids is 1. The maximum absolute atomic E-state index is 11.6. The summed E-state index contributed by atoms with van der Waals surface area (Å²) >= 11 is 0. The van der Waals surface area contributed by atoms with Crippen molar-refractivity contribution in [2.75, 3.05) is 13.2 Å². The van der Waals surface area contributed by atoms with Crippen molar-refractivity contribution in [2.45, 2.75) is 39.3 Å². The molecular weight excluding hydrogens is 266 g/mol. The number of ether oxygens (including phenoxy) is 1. The Labute approximate surface area is 126 Å². The summed E-state index contributed by atoms with van der Waals surface area (Å²) in [7, 11) is 0. The van der Waals surface area contributed by atoms with Crippen LogP contribution in [0.5, 0.6) is 5.75 Å². The Morgan fingerprint density at radius 2 is 2.14 bits per heavy atom. The molecule has 5 heteroatoms. The second-order valence-electron chi connectivity index (χ2n) is 5.82. The highest BCUT2D eigenvalue weighted by molar-refractivity contribution is 5.76. The molecule has 1 aromatic rings. The van der Waals surface area contributed by atoms with E-state index in [0.29, 0.717) is 25.3 Å². The molecule has 0 saturated heterocycles. The van der Waals surface area contributed by atoms with Crippen LogP contribution in [-0.4, -0.2) is 24.6 Å². The summed E-state index contributed by atoms with van der Waals surface area (Å²) in [6.45, 7) is 7.21. The average molecular weight is 289 g/mol. The average Bonchev–Trinajstić information content (AvgIpc) is 2.40. The highest BCUT2D eigenvalue weighted by Crippen LogP contribution is 2.12. The van der Waals surface area contributed by atoms with Crippen LogP contribution in [0.3, 0.4) is 0 Å². The standard InChI is InChI=1S/C16H23N3O2/c1-16(2,3)19-15(20)7-9-18-12-13-5-4-6-14(11-13)21-10-8-17/h4-6,11,18H,7,9-10,12H2,1-3H3,(H,19,20). The van der Waals surface area contributed by atoms with Gasteiger partial charge in [-0.1, -0.05) is 12.1 Å². The van der Waals surface area contributed by atoms with Gasteiger partial charge in [-0.25, -0.2) is 0 Å². The molecule has 0 aliphatic rings. The van der Waals surface area contributed by atoms with Gasteiger partial charge in [0.05, 0.1) is 0 Å². The summed E-state index contributed by atoms with van der Waals surface area (Å²) < 4.78 is 5.24. The maximum Gasteiger partial charge on any atom is 0.221 e. The molecule has 0 spiro atoms. The Kier molecular flexibility index (Phi) is 6.70. The molecule has 0 aliphatic carbocycles. The fraction of sp³-hybridized carbons (Fsp3) is 0.500. The van der Waals surface area contributed by atoms with Crippen LogP contribution in [0.2, 0.25) is 0 Å². The summed E-state index contributed by atoms with van der Waals surface area (Å²) in [5.74, 6) is 0.724. The molecule has 1 rings (SSSR count). The zero-order valence-corrected chi connectivity index (χ0v) is 12.9. The number of hydrogen-bond donors (Lipinski definition) is 2. The summed E-state index contributed by atoms with van der Waals surface area (Å²) in [5.41, 5.74) is 0.866. The predicted octanol–water partition coefficient (Wildman–Crippen LogP) is 1.98. The summed E-state index contributed by atoms with van der Waals surface area (Å²) in [6.07, 6.45) is 0.446. The largest absolute Gasteiger partial charge is 0.479 e. The molecule has 0 bridgehead atoms. The predicted molar refractivity (Wildman–Crippen MR) is 81.8 cm³/mol. The quantitative estimate of drug-likeness (QED) is 0.753. The van der Waals surface area contributed by atoms with E-state index in [1.54, 1.807) is 0 Å². The Hall–Kier alpha value is -2.06. The van der Waals surface area contributed by atoms with Crippen molar-refractivity contribution in [3.63, 3.8) is 0 Å². The highest BCUT2D eigenvalue weighted by atomic mass is 16.5. The second kappa shape index (κ2) is 8.28. The number of hydrogen-bond acceptors (Lipinski definition) is 4. The van der Waals surface area contributed by atoms with E-state index in [1.807, 2.05) is 51.1 Å². The monoisotopic (exact) mass is 289 g/mol. The lowest BCUT2D eigenvalue weighted by molar-refractivity contribution is -0.122. The summed E-state index contributed by atoms with van der Waals surface area (Å²) in [4.78, 5) is 11.6. The molecule has 21 heavy (non-hydrogen) atoms. The van der Waals surface area contributed by atoms with E-state index in [-0.39, 0.29) is 18.1 Å². The number of nitriles is 1. The number of rotatable bonds is 7. The molecule has 1 amide bonds. The van der Waals surface area contributed by atoms with Gasteiger partial charge in [-0.3, -0.25) is 4.79 Å². The fourth-order valence-corrected chi connectivity index (χ4v) is 1.78. The van der Waals surface area contributed by atoms with E-state index < -0.39 is 0 Å². The van der Waals surface area contributed by atoms with Crippen LogP contribution in [0.15, 0.2) is 24.3 Å². The normalized spacial score (nSPS) is 10.8. The van der Waals surface area contributed by atoms with Crippen molar-refractivity contribution >= 4 is 5.91 Å². The molecule has 5 nitrogen and oxygen atoms in total. The van der Waals surface area contributed by atoms with Gasteiger partial charge >= 0.3 is 0 Å². The van der Waals surface area contributed by atoms with Gasteiger partial charge in [0.15, 0.2) is 6.61 Å². The first-order valence-electron chi connectivity index (χ1n) is 7.01. The fourth-order valence-electron chi connectivity index (χ4n) is 1.78. The Balaban J connectivity index is 2.30. The van der Waals surface area contributed by atoms with E-state index in [4.69, 9.17) is 10.00 Å². The Morgan fingerprint density at radius 3 is 2.81 bits per heavy atom. The first kappa shape index (κ1) is 17.0. The molecular formula is C16H23N3O2. The zero-order chi connectivity index (χ0) is 15.7. The van der Waals surface area contributed by atoms with Gasteiger partial charge in [0.2, 0.25) is 5.91 Å². The smallest absolute Gasteiger partial charge is 0.221 e. The topological polar surface area (TPSA) is 74.2 Å². The van der Waals surface area contributed by atoms with Crippen molar-refractivity contribution in [1.29, 1.82) is 5.26 Å². The maximum atomic E-state index is 11.6. The third-order valence-corrected chi connectivity index (χ3v) is 2.57. The molecule has 0 fully saturated rings. The van der Waals surface area contributed by atoms with E-state index in [0.717, 1.165) is 5.56 Å². The molecule has 0 radical (unpaired) electrons. The van der Waals surface area contributed by atoms with Gasteiger partial charge in [0, 0.05) is 25.0 Å². The van der Waals surface area contributed by atoms with E-state index >= 15 is 0 Å². The highest BCUT2D eigenvalue weighted by Gasteiger charge is 2.12. The van der Waals surface area contributed by atoms with Crippen LogP contribution in [-0.2, 0) is 11.3 Å². The lowest BCUT2D eigenvalue weighted by Gasteiger charge is -2.20. The van der Waals surface area contributed by atoms with Crippen LogP contribution in [0.1, 0.15) is 32.8 Å². The molecule has 0 atom stereocenters. The van der Waals surface area contributed by atoms with Gasteiger partial charge < -0.3 is 15.4 Å². The molecule has 0 saturated carbocycles.